The molecule has 0 unspecified atom stereocenters. The van der Waals surface area contributed by atoms with Gasteiger partial charge in [-0.3, -0.25) is 0 Å². The van der Waals surface area contributed by atoms with E-state index in [0.717, 1.165) is 11.3 Å². The Hall–Kier alpha value is -3.22. The highest BCUT2D eigenvalue weighted by atomic mass is 16.5. The number of hydrogen-bond acceptors (Lipinski definition) is 5. The first-order valence-electron chi connectivity index (χ1n) is 7.54. The fourth-order valence-corrected chi connectivity index (χ4v) is 2.20. The fourth-order valence-electron chi connectivity index (χ4n) is 2.20. The number of hydrazone groups is 1. The van der Waals surface area contributed by atoms with Gasteiger partial charge in [0.1, 0.15) is 0 Å². The third-order valence-electron chi connectivity index (χ3n) is 3.46. The second-order valence-electron chi connectivity index (χ2n) is 5.10. The average molecular weight is 343 g/mol. The third-order valence-corrected chi connectivity index (χ3v) is 3.46. The van der Waals surface area contributed by atoms with Crippen molar-refractivity contribution in [1.29, 1.82) is 0 Å². The van der Waals surface area contributed by atoms with Crippen LogP contribution in [0.25, 0.3) is 0 Å². The number of urea groups is 1. The first kappa shape index (κ1) is 18.1. The minimum absolute atomic E-state index is 0.432. The summed E-state index contributed by atoms with van der Waals surface area (Å²) in [4.78, 5) is 11.9. The standard InChI is InChI=1S/C18H21N3O4/c1-12-7-5-6-8-14(12)20-18(22)21-19-11-13-9-15(23-2)17(25-4)16(10-13)24-3/h5-11H,1-4H3,(H2,20,21,22)/b19-11-. The summed E-state index contributed by atoms with van der Waals surface area (Å²) in [5, 5.41) is 6.66. The van der Waals surface area contributed by atoms with Gasteiger partial charge >= 0.3 is 6.03 Å². The van der Waals surface area contributed by atoms with Crippen LogP contribution in [0.2, 0.25) is 0 Å². The predicted molar refractivity (Wildman–Crippen MR) is 97.0 cm³/mol. The zero-order valence-corrected chi connectivity index (χ0v) is 14.6. The van der Waals surface area contributed by atoms with Crippen molar-refractivity contribution in [3.05, 3.63) is 47.5 Å². The van der Waals surface area contributed by atoms with Crippen molar-refractivity contribution in [2.75, 3.05) is 26.6 Å². The van der Waals surface area contributed by atoms with Crippen LogP contribution in [0.5, 0.6) is 17.2 Å². The number of carbonyl (C=O) groups excluding carboxylic acids is 1. The number of benzene rings is 2. The first-order valence-corrected chi connectivity index (χ1v) is 7.54. The van der Waals surface area contributed by atoms with E-state index >= 15 is 0 Å². The molecule has 25 heavy (non-hydrogen) atoms. The minimum Gasteiger partial charge on any atom is -0.493 e. The monoisotopic (exact) mass is 343 g/mol. The number of anilines is 1. The van der Waals surface area contributed by atoms with Gasteiger partial charge in [-0.05, 0) is 30.7 Å². The number of rotatable bonds is 6. The first-order chi connectivity index (χ1) is 12.1. The Labute approximate surface area is 146 Å². The molecule has 0 fully saturated rings. The molecule has 7 nitrogen and oxygen atoms in total. The number of carbonyl (C=O) groups is 1. The molecule has 2 rings (SSSR count). The van der Waals surface area contributed by atoms with Crippen molar-refractivity contribution in [2.24, 2.45) is 5.10 Å². The highest BCUT2D eigenvalue weighted by molar-refractivity contribution is 5.91. The van der Waals surface area contributed by atoms with E-state index in [1.54, 1.807) is 12.1 Å². The van der Waals surface area contributed by atoms with Crippen molar-refractivity contribution in [2.45, 2.75) is 6.92 Å². The summed E-state index contributed by atoms with van der Waals surface area (Å²) in [6, 6.07) is 10.5. The van der Waals surface area contributed by atoms with Crippen molar-refractivity contribution in [1.82, 2.24) is 5.43 Å². The van der Waals surface area contributed by atoms with Gasteiger partial charge in [0, 0.05) is 11.3 Å². The summed E-state index contributed by atoms with van der Waals surface area (Å²) in [6.45, 7) is 1.91. The van der Waals surface area contributed by atoms with E-state index in [-0.39, 0.29) is 0 Å². The van der Waals surface area contributed by atoms with E-state index in [1.807, 2.05) is 31.2 Å². The number of ether oxygens (including phenoxy) is 3. The topological polar surface area (TPSA) is 81.2 Å². The molecule has 0 aliphatic heterocycles. The van der Waals surface area contributed by atoms with Gasteiger partial charge in [0.15, 0.2) is 11.5 Å². The quantitative estimate of drug-likeness (QED) is 0.623. The van der Waals surface area contributed by atoms with Crippen molar-refractivity contribution in [3.63, 3.8) is 0 Å². The minimum atomic E-state index is -0.432. The average Bonchev–Trinajstić information content (AvgIpc) is 2.62. The zero-order chi connectivity index (χ0) is 18.2. The molecule has 0 atom stereocenters. The summed E-state index contributed by atoms with van der Waals surface area (Å²) in [6.07, 6.45) is 1.49. The van der Waals surface area contributed by atoms with E-state index < -0.39 is 6.03 Å². The zero-order valence-electron chi connectivity index (χ0n) is 14.6. The van der Waals surface area contributed by atoms with Crippen LogP contribution in [-0.2, 0) is 0 Å². The molecule has 0 bridgehead atoms. The van der Waals surface area contributed by atoms with E-state index in [0.29, 0.717) is 22.8 Å². The summed E-state index contributed by atoms with van der Waals surface area (Å²) < 4.78 is 15.8. The molecule has 2 aromatic rings. The molecule has 132 valence electrons. The van der Waals surface area contributed by atoms with Gasteiger partial charge in [0.2, 0.25) is 5.75 Å². The van der Waals surface area contributed by atoms with Crippen LogP contribution in [-0.4, -0.2) is 33.6 Å². The molecule has 0 aliphatic rings. The molecular formula is C18H21N3O4. The number of aryl methyl sites for hydroxylation is 1. The van der Waals surface area contributed by atoms with Crippen LogP contribution in [0.1, 0.15) is 11.1 Å². The summed E-state index contributed by atoms with van der Waals surface area (Å²) >= 11 is 0. The lowest BCUT2D eigenvalue weighted by atomic mass is 10.2. The van der Waals surface area contributed by atoms with Gasteiger partial charge in [-0.2, -0.15) is 5.10 Å². The summed E-state index contributed by atoms with van der Waals surface area (Å²) in [5.41, 5.74) is 4.79. The van der Waals surface area contributed by atoms with Crippen LogP contribution >= 0.6 is 0 Å². The molecule has 0 saturated heterocycles. The second kappa shape index (κ2) is 8.58. The summed E-state index contributed by atoms with van der Waals surface area (Å²) in [7, 11) is 4.60. The van der Waals surface area contributed by atoms with E-state index in [4.69, 9.17) is 14.2 Å². The van der Waals surface area contributed by atoms with E-state index in [1.165, 1.54) is 27.5 Å². The van der Waals surface area contributed by atoms with Gasteiger partial charge in [-0.1, -0.05) is 18.2 Å². The molecule has 0 aliphatic carbocycles. The molecule has 0 saturated carbocycles. The Kier molecular flexibility index (Phi) is 6.22. The van der Waals surface area contributed by atoms with Crippen LogP contribution < -0.4 is 25.0 Å². The van der Waals surface area contributed by atoms with Crippen LogP contribution in [0.15, 0.2) is 41.5 Å². The lowest BCUT2D eigenvalue weighted by Gasteiger charge is -2.12. The van der Waals surface area contributed by atoms with Crippen LogP contribution in [0, 0.1) is 6.92 Å². The highest BCUT2D eigenvalue weighted by Gasteiger charge is 2.12. The molecule has 2 N–H and O–H groups in total. The third kappa shape index (κ3) is 4.63. The summed E-state index contributed by atoms with van der Waals surface area (Å²) in [5.74, 6) is 1.51. The van der Waals surface area contributed by atoms with Crippen molar-refractivity contribution < 1.29 is 19.0 Å². The normalized spacial score (nSPS) is 10.4. The molecule has 0 spiro atoms. The smallest absolute Gasteiger partial charge is 0.339 e. The number of nitrogens with one attached hydrogen (secondary N) is 2. The second-order valence-corrected chi connectivity index (χ2v) is 5.10. The number of hydrogen-bond donors (Lipinski definition) is 2. The Bertz CT molecular complexity index is 750. The van der Waals surface area contributed by atoms with Gasteiger partial charge in [0.05, 0.1) is 27.5 Å². The number of para-hydroxylation sites is 1. The lowest BCUT2D eigenvalue weighted by molar-refractivity contribution is 0.252. The fraction of sp³-hybridized carbons (Fsp3) is 0.222. The highest BCUT2D eigenvalue weighted by Crippen LogP contribution is 2.37. The van der Waals surface area contributed by atoms with E-state index in [9.17, 15) is 4.79 Å². The maximum absolute atomic E-state index is 11.9. The van der Waals surface area contributed by atoms with Crippen molar-refractivity contribution >= 4 is 17.9 Å². The predicted octanol–water partition coefficient (Wildman–Crippen LogP) is 3.18. The van der Waals surface area contributed by atoms with E-state index in [2.05, 4.69) is 15.8 Å². The molecule has 7 heteroatoms. The largest absolute Gasteiger partial charge is 0.493 e. The molecule has 0 radical (unpaired) electrons. The molecule has 0 heterocycles. The maximum Gasteiger partial charge on any atom is 0.339 e. The van der Waals surface area contributed by atoms with Gasteiger partial charge < -0.3 is 19.5 Å². The van der Waals surface area contributed by atoms with Crippen LogP contribution in [0.4, 0.5) is 10.5 Å². The Morgan fingerprint density at radius 2 is 1.68 bits per heavy atom. The van der Waals surface area contributed by atoms with Gasteiger partial charge in [0.25, 0.3) is 0 Å². The Morgan fingerprint density at radius 3 is 2.24 bits per heavy atom. The maximum atomic E-state index is 11.9. The van der Waals surface area contributed by atoms with Crippen molar-refractivity contribution in [3.8, 4) is 17.2 Å². The SMILES string of the molecule is COc1cc(/C=N\NC(=O)Nc2ccccc2C)cc(OC)c1OC. The van der Waals surface area contributed by atoms with Gasteiger partial charge in [-0.15, -0.1) is 0 Å². The number of methoxy groups -OCH3 is 3. The van der Waals surface area contributed by atoms with Crippen LogP contribution in [0.3, 0.4) is 0 Å². The molecule has 2 aromatic carbocycles. The molecular weight excluding hydrogens is 322 g/mol. The Morgan fingerprint density at radius 1 is 1.04 bits per heavy atom. The molecule has 2 amide bonds. The lowest BCUT2D eigenvalue weighted by Crippen LogP contribution is -2.24. The number of amides is 2. The Balaban J connectivity index is 2.06. The molecule has 0 aromatic heterocycles. The number of nitrogens with zero attached hydrogens (tertiary/aromatic N) is 1. The van der Waals surface area contributed by atoms with Gasteiger partial charge in [-0.25, -0.2) is 10.2 Å².